The Bertz CT molecular complexity index is 1470. The SMILES string of the molecule is O=C1C/C(=C\c2cnn3c(NC4CC4)cc(Nc4ccc(C(=O)N5CCCNCC5)cc4F)nc23)C(=O)N1. The molecular weight excluding hydrogens is 491 g/mol. The number of aromatic nitrogens is 3. The molecule has 196 valence electrons. The molecule has 0 unspecified atom stereocenters. The molecule has 2 aliphatic heterocycles. The molecule has 2 saturated heterocycles. The predicted octanol–water partition coefficient (Wildman–Crippen LogP) is 2.05. The van der Waals surface area contributed by atoms with Crippen LogP contribution in [0.25, 0.3) is 11.7 Å². The second-order valence-electron chi connectivity index (χ2n) is 9.72. The van der Waals surface area contributed by atoms with Gasteiger partial charge in [-0.05, 0) is 50.1 Å². The van der Waals surface area contributed by atoms with Crippen LogP contribution < -0.4 is 21.3 Å². The number of anilines is 3. The van der Waals surface area contributed by atoms with Crippen molar-refractivity contribution in [3.8, 4) is 0 Å². The van der Waals surface area contributed by atoms with Crippen LogP contribution in [0, 0.1) is 5.82 Å². The molecular formula is C26H27FN8O3. The first-order valence-corrected chi connectivity index (χ1v) is 12.7. The molecule has 6 rings (SSSR count). The lowest BCUT2D eigenvalue weighted by atomic mass is 10.1. The summed E-state index contributed by atoms with van der Waals surface area (Å²) in [4.78, 5) is 42.9. The summed E-state index contributed by atoms with van der Waals surface area (Å²) in [7, 11) is 0. The van der Waals surface area contributed by atoms with Crippen LogP contribution in [0.3, 0.4) is 0 Å². The first-order chi connectivity index (χ1) is 18.4. The van der Waals surface area contributed by atoms with E-state index in [1.165, 1.54) is 12.1 Å². The molecule has 3 aliphatic rings. The molecule has 12 heteroatoms. The lowest BCUT2D eigenvalue weighted by molar-refractivity contribution is -0.124. The van der Waals surface area contributed by atoms with Crippen molar-refractivity contribution in [2.24, 2.45) is 0 Å². The van der Waals surface area contributed by atoms with Crippen molar-refractivity contribution in [3.63, 3.8) is 0 Å². The van der Waals surface area contributed by atoms with Crippen LogP contribution in [0.1, 0.15) is 41.6 Å². The third-order valence-corrected chi connectivity index (χ3v) is 6.76. The molecule has 38 heavy (non-hydrogen) atoms. The Labute approximate surface area is 217 Å². The number of halogens is 1. The summed E-state index contributed by atoms with van der Waals surface area (Å²) in [6, 6.07) is 6.44. The molecule has 3 fully saturated rings. The number of nitrogens with one attached hydrogen (secondary N) is 4. The van der Waals surface area contributed by atoms with E-state index in [-0.39, 0.29) is 23.9 Å². The topological polar surface area (TPSA) is 133 Å². The molecule has 1 aliphatic carbocycles. The number of amides is 3. The third kappa shape index (κ3) is 4.94. The first kappa shape index (κ1) is 24.0. The van der Waals surface area contributed by atoms with Gasteiger partial charge in [0.1, 0.15) is 17.5 Å². The van der Waals surface area contributed by atoms with Gasteiger partial charge in [-0.2, -0.15) is 9.61 Å². The van der Waals surface area contributed by atoms with E-state index >= 15 is 4.39 Å². The van der Waals surface area contributed by atoms with Crippen molar-refractivity contribution >= 4 is 46.8 Å². The van der Waals surface area contributed by atoms with Crippen LogP contribution in [0.4, 0.5) is 21.7 Å². The van der Waals surface area contributed by atoms with E-state index in [9.17, 15) is 14.4 Å². The summed E-state index contributed by atoms with van der Waals surface area (Å²) >= 11 is 0. The Balaban J connectivity index is 1.30. The quantitative estimate of drug-likeness (QED) is 0.288. The summed E-state index contributed by atoms with van der Waals surface area (Å²) in [6.07, 6.45) is 6.08. The largest absolute Gasteiger partial charge is 0.367 e. The number of carbonyl (C=O) groups excluding carboxylic acids is 3. The Morgan fingerprint density at radius 3 is 2.79 bits per heavy atom. The summed E-state index contributed by atoms with van der Waals surface area (Å²) < 4.78 is 16.8. The van der Waals surface area contributed by atoms with Gasteiger partial charge in [-0.25, -0.2) is 9.37 Å². The van der Waals surface area contributed by atoms with E-state index in [1.807, 2.05) is 0 Å². The zero-order chi connectivity index (χ0) is 26.2. The molecule has 0 radical (unpaired) electrons. The minimum absolute atomic E-state index is 0.00842. The fraction of sp³-hybridized carbons (Fsp3) is 0.346. The average molecular weight is 519 g/mol. The normalized spacial score (nSPS) is 19.1. The fourth-order valence-electron chi connectivity index (χ4n) is 4.61. The smallest absolute Gasteiger partial charge is 0.254 e. The average Bonchev–Trinajstić information content (AvgIpc) is 3.61. The number of benzene rings is 1. The Morgan fingerprint density at radius 1 is 1.16 bits per heavy atom. The Morgan fingerprint density at radius 2 is 2.03 bits per heavy atom. The summed E-state index contributed by atoms with van der Waals surface area (Å²) in [5.74, 6) is -0.523. The summed E-state index contributed by atoms with van der Waals surface area (Å²) in [5, 5.41) is 16.4. The minimum atomic E-state index is -0.570. The van der Waals surface area contributed by atoms with Gasteiger partial charge in [-0.3, -0.25) is 19.7 Å². The number of rotatable bonds is 6. The maximum Gasteiger partial charge on any atom is 0.254 e. The molecule has 11 nitrogen and oxygen atoms in total. The highest BCUT2D eigenvalue weighted by Crippen LogP contribution is 2.29. The van der Waals surface area contributed by atoms with Crippen LogP contribution in [0.2, 0.25) is 0 Å². The van der Waals surface area contributed by atoms with Gasteiger partial charge >= 0.3 is 0 Å². The van der Waals surface area contributed by atoms with Gasteiger partial charge in [0.15, 0.2) is 5.65 Å². The van der Waals surface area contributed by atoms with Gasteiger partial charge in [0.2, 0.25) is 5.91 Å². The van der Waals surface area contributed by atoms with Crippen LogP contribution in [-0.2, 0) is 9.59 Å². The van der Waals surface area contributed by atoms with Crippen LogP contribution in [-0.4, -0.2) is 69.4 Å². The first-order valence-electron chi connectivity index (χ1n) is 12.7. The highest BCUT2D eigenvalue weighted by atomic mass is 19.1. The minimum Gasteiger partial charge on any atom is -0.367 e. The van der Waals surface area contributed by atoms with E-state index in [4.69, 9.17) is 0 Å². The highest BCUT2D eigenvalue weighted by Gasteiger charge is 2.26. The van der Waals surface area contributed by atoms with Crippen molar-refractivity contribution in [3.05, 3.63) is 53.0 Å². The molecule has 0 atom stereocenters. The number of carbonyl (C=O) groups is 3. The van der Waals surface area contributed by atoms with Gasteiger partial charge in [-0.15, -0.1) is 0 Å². The van der Waals surface area contributed by atoms with E-state index in [2.05, 4.69) is 31.3 Å². The zero-order valence-electron chi connectivity index (χ0n) is 20.6. The molecule has 0 spiro atoms. The standard InChI is InChI=1S/C26H27FN8O3/c27-19-11-15(26(38)34-8-1-6-28-7-9-34)2-5-20(19)31-21-13-22(30-18-3-4-18)35-24(32-21)17(14-29-35)10-16-12-23(36)33-25(16)37/h2,5,10-11,13-14,18,28,30H,1,3-4,6-9,12H2,(H,31,32)(H,33,36,37)/b16-10+. The van der Waals surface area contributed by atoms with E-state index in [0.717, 1.165) is 25.8 Å². The third-order valence-electron chi connectivity index (χ3n) is 6.76. The van der Waals surface area contributed by atoms with Crippen molar-refractivity contribution in [1.29, 1.82) is 0 Å². The molecule has 3 amide bonds. The van der Waals surface area contributed by atoms with Crippen molar-refractivity contribution in [2.75, 3.05) is 36.8 Å². The summed E-state index contributed by atoms with van der Waals surface area (Å²) in [5.41, 5.74) is 1.80. The van der Waals surface area contributed by atoms with Gasteiger partial charge in [0.05, 0.1) is 18.3 Å². The number of imide groups is 1. The maximum atomic E-state index is 15.2. The molecule has 1 saturated carbocycles. The maximum absolute atomic E-state index is 15.2. The van der Waals surface area contributed by atoms with Crippen LogP contribution in [0.15, 0.2) is 36.0 Å². The number of hydrogen-bond donors (Lipinski definition) is 4. The van der Waals surface area contributed by atoms with Gasteiger partial charge in [0, 0.05) is 48.4 Å². The second kappa shape index (κ2) is 9.86. The molecule has 3 aromatic rings. The van der Waals surface area contributed by atoms with Crippen molar-refractivity contribution in [2.45, 2.75) is 31.7 Å². The zero-order valence-corrected chi connectivity index (χ0v) is 20.6. The number of hydrogen-bond acceptors (Lipinski definition) is 8. The van der Waals surface area contributed by atoms with Crippen molar-refractivity contribution in [1.82, 2.24) is 30.1 Å². The van der Waals surface area contributed by atoms with Gasteiger partial charge in [-0.1, -0.05) is 0 Å². The summed E-state index contributed by atoms with van der Waals surface area (Å²) in [6.45, 7) is 2.79. The highest BCUT2D eigenvalue weighted by molar-refractivity contribution is 6.15. The Hall–Kier alpha value is -4.32. The van der Waals surface area contributed by atoms with Crippen LogP contribution >= 0.6 is 0 Å². The molecule has 1 aromatic carbocycles. The van der Waals surface area contributed by atoms with E-state index in [0.29, 0.717) is 59.7 Å². The molecule has 4 N–H and O–H groups in total. The van der Waals surface area contributed by atoms with Crippen LogP contribution in [0.5, 0.6) is 0 Å². The van der Waals surface area contributed by atoms with Gasteiger partial charge < -0.3 is 20.9 Å². The molecule has 0 bridgehead atoms. The van der Waals surface area contributed by atoms with Crippen molar-refractivity contribution < 1.29 is 18.8 Å². The lowest BCUT2D eigenvalue weighted by Crippen LogP contribution is -2.34. The lowest BCUT2D eigenvalue weighted by Gasteiger charge is -2.20. The molecule has 2 aromatic heterocycles. The fourth-order valence-corrected chi connectivity index (χ4v) is 4.61. The second-order valence-corrected chi connectivity index (χ2v) is 9.72. The molecule has 4 heterocycles. The van der Waals surface area contributed by atoms with Gasteiger partial charge in [0.25, 0.3) is 11.8 Å². The monoisotopic (exact) mass is 518 g/mol. The predicted molar refractivity (Wildman–Crippen MR) is 138 cm³/mol. The number of nitrogens with zero attached hydrogens (tertiary/aromatic N) is 4. The van der Waals surface area contributed by atoms with E-state index in [1.54, 1.807) is 33.8 Å². The number of fused-ring (bicyclic) bond motifs is 1. The Kier molecular flexibility index (Phi) is 6.24. The van der Waals surface area contributed by atoms with E-state index < -0.39 is 11.7 Å².